The maximum absolute atomic E-state index is 12.2. The molecule has 0 aliphatic rings. The Morgan fingerprint density at radius 1 is 1.35 bits per heavy atom. The van der Waals surface area contributed by atoms with Gasteiger partial charge in [0.25, 0.3) is 5.91 Å². The van der Waals surface area contributed by atoms with Crippen LogP contribution in [0.15, 0.2) is 36.9 Å². The highest BCUT2D eigenvalue weighted by molar-refractivity contribution is 5.81. The highest BCUT2D eigenvalue weighted by Crippen LogP contribution is 2.18. The maximum Gasteiger partial charge on any atom is 0.261 e. The van der Waals surface area contributed by atoms with Gasteiger partial charge in [-0.25, -0.2) is 4.98 Å². The average Bonchev–Trinajstić information content (AvgIpc) is 3.05. The van der Waals surface area contributed by atoms with Crippen molar-refractivity contribution in [1.29, 1.82) is 0 Å². The smallest absolute Gasteiger partial charge is 0.261 e. The summed E-state index contributed by atoms with van der Waals surface area (Å²) in [6.45, 7) is 7.53. The van der Waals surface area contributed by atoms with E-state index in [-0.39, 0.29) is 5.91 Å². The fraction of sp³-hybridized carbons (Fsp3) is 0.444. The van der Waals surface area contributed by atoms with Gasteiger partial charge in [0.05, 0.1) is 6.33 Å². The molecule has 0 saturated carbocycles. The predicted octanol–water partition coefficient (Wildman–Crippen LogP) is 2.86. The number of amides is 1. The molecular weight excluding hydrogens is 290 g/mol. The molecule has 0 fully saturated rings. The third-order valence-electron chi connectivity index (χ3n) is 3.87. The quantitative estimate of drug-likeness (QED) is 0.762. The molecule has 124 valence electrons. The Morgan fingerprint density at radius 3 is 2.83 bits per heavy atom. The molecule has 1 heterocycles. The summed E-state index contributed by atoms with van der Waals surface area (Å²) in [7, 11) is 0. The lowest BCUT2D eigenvalue weighted by Gasteiger charge is -2.18. The summed E-state index contributed by atoms with van der Waals surface area (Å²) in [5.41, 5.74) is 2.38. The van der Waals surface area contributed by atoms with E-state index in [1.807, 2.05) is 42.8 Å². The van der Waals surface area contributed by atoms with Crippen molar-refractivity contribution in [2.75, 3.05) is 6.54 Å². The van der Waals surface area contributed by atoms with Crippen LogP contribution in [0.3, 0.4) is 0 Å². The Balaban J connectivity index is 1.79. The first-order valence-corrected chi connectivity index (χ1v) is 8.07. The highest BCUT2D eigenvalue weighted by Gasteiger charge is 2.17. The zero-order valence-corrected chi connectivity index (χ0v) is 14.1. The normalized spacial score (nSPS) is 12.0. The van der Waals surface area contributed by atoms with E-state index >= 15 is 0 Å². The molecule has 0 unspecified atom stereocenters. The number of hydrogen-bond donors (Lipinski definition) is 1. The lowest BCUT2D eigenvalue weighted by atomic mass is 10.1. The number of imidazole rings is 1. The van der Waals surface area contributed by atoms with Gasteiger partial charge in [-0.3, -0.25) is 4.79 Å². The minimum atomic E-state index is -0.453. The van der Waals surface area contributed by atoms with E-state index < -0.39 is 6.10 Å². The van der Waals surface area contributed by atoms with Gasteiger partial charge in [-0.15, -0.1) is 0 Å². The number of hydrogen-bond acceptors (Lipinski definition) is 3. The Morgan fingerprint density at radius 2 is 2.17 bits per heavy atom. The van der Waals surface area contributed by atoms with E-state index in [1.54, 1.807) is 12.5 Å². The number of carbonyl (C=O) groups excluding carboxylic acids is 1. The molecule has 0 aliphatic carbocycles. The number of benzene rings is 1. The minimum Gasteiger partial charge on any atom is -0.481 e. The molecule has 5 nitrogen and oxygen atoms in total. The molecule has 1 amide bonds. The van der Waals surface area contributed by atoms with Crippen molar-refractivity contribution in [3.63, 3.8) is 0 Å². The summed E-state index contributed by atoms with van der Waals surface area (Å²) in [6.07, 6.45) is 6.50. The van der Waals surface area contributed by atoms with Crippen molar-refractivity contribution in [2.24, 2.45) is 0 Å². The molecule has 1 aromatic heterocycles. The summed E-state index contributed by atoms with van der Waals surface area (Å²) < 4.78 is 7.83. The number of rotatable bonds is 8. The first-order valence-electron chi connectivity index (χ1n) is 8.07. The molecule has 0 spiro atoms. The van der Waals surface area contributed by atoms with Gasteiger partial charge in [-0.2, -0.15) is 0 Å². The standard InChI is InChI=1S/C18H25N3O2/c1-4-17(23-16-7-6-14(2)15(3)12-16)18(22)20-8-5-10-21-11-9-19-13-21/h6-7,9,11-13,17H,4-5,8,10H2,1-3H3,(H,20,22)/t17-/m1/s1. The van der Waals surface area contributed by atoms with Crippen LogP contribution in [-0.4, -0.2) is 28.1 Å². The summed E-state index contributed by atoms with van der Waals surface area (Å²) in [6, 6.07) is 5.90. The second kappa shape index (κ2) is 8.36. The summed E-state index contributed by atoms with van der Waals surface area (Å²) in [5, 5.41) is 2.94. The van der Waals surface area contributed by atoms with Gasteiger partial charge in [0.1, 0.15) is 5.75 Å². The van der Waals surface area contributed by atoms with Gasteiger partial charge in [0, 0.05) is 25.5 Å². The van der Waals surface area contributed by atoms with Crippen LogP contribution in [0.5, 0.6) is 5.75 Å². The number of aromatic nitrogens is 2. The number of carbonyl (C=O) groups is 1. The van der Waals surface area contributed by atoms with Crippen LogP contribution in [0.25, 0.3) is 0 Å². The van der Waals surface area contributed by atoms with Crippen molar-refractivity contribution in [3.8, 4) is 5.75 Å². The minimum absolute atomic E-state index is 0.0589. The van der Waals surface area contributed by atoms with Crippen molar-refractivity contribution < 1.29 is 9.53 Å². The lowest BCUT2D eigenvalue weighted by molar-refractivity contribution is -0.128. The molecule has 1 atom stereocenters. The van der Waals surface area contributed by atoms with Crippen LogP contribution in [0.4, 0.5) is 0 Å². The van der Waals surface area contributed by atoms with Gasteiger partial charge in [0.2, 0.25) is 0 Å². The predicted molar refractivity (Wildman–Crippen MR) is 90.5 cm³/mol. The zero-order valence-electron chi connectivity index (χ0n) is 14.1. The summed E-state index contributed by atoms with van der Waals surface area (Å²) in [5.74, 6) is 0.685. The number of nitrogens with zero attached hydrogens (tertiary/aromatic N) is 2. The van der Waals surface area contributed by atoms with E-state index in [9.17, 15) is 4.79 Å². The van der Waals surface area contributed by atoms with E-state index in [0.29, 0.717) is 13.0 Å². The monoisotopic (exact) mass is 315 g/mol. The number of nitrogens with one attached hydrogen (secondary N) is 1. The molecule has 1 aromatic carbocycles. The van der Waals surface area contributed by atoms with Gasteiger partial charge in [-0.05, 0) is 49.9 Å². The maximum atomic E-state index is 12.2. The van der Waals surface area contributed by atoms with Crippen molar-refractivity contribution in [3.05, 3.63) is 48.0 Å². The van der Waals surface area contributed by atoms with Crippen LogP contribution < -0.4 is 10.1 Å². The van der Waals surface area contributed by atoms with Crippen LogP contribution in [0, 0.1) is 13.8 Å². The van der Waals surface area contributed by atoms with E-state index in [1.165, 1.54) is 5.56 Å². The first kappa shape index (κ1) is 17.1. The van der Waals surface area contributed by atoms with E-state index in [2.05, 4.69) is 17.2 Å². The molecule has 2 rings (SSSR count). The lowest BCUT2D eigenvalue weighted by Crippen LogP contribution is -2.38. The second-order valence-corrected chi connectivity index (χ2v) is 5.71. The number of ether oxygens (including phenoxy) is 1. The molecule has 0 aliphatic heterocycles. The molecule has 0 saturated heterocycles. The molecule has 0 radical (unpaired) electrons. The van der Waals surface area contributed by atoms with Gasteiger partial charge >= 0.3 is 0 Å². The largest absolute Gasteiger partial charge is 0.481 e. The van der Waals surface area contributed by atoms with Crippen molar-refractivity contribution >= 4 is 5.91 Å². The molecular formula is C18H25N3O2. The van der Waals surface area contributed by atoms with Crippen molar-refractivity contribution in [2.45, 2.75) is 46.3 Å². The fourth-order valence-electron chi connectivity index (χ4n) is 2.28. The average molecular weight is 315 g/mol. The Kier molecular flexibility index (Phi) is 6.20. The summed E-state index contributed by atoms with van der Waals surface area (Å²) in [4.78, 5) is 16.2. The molecule has 2 aromatic rings. The molecule has 1 N–H and O–H groups in total. The third-order valence-corrected chi connectivity index (χ3v) is 3.87. The molecule has 5 heteroatoms. The van der Waals surface area contributed by atoms with Crippen LogP contribution in [0.2, 0.25) is 0 Å². The Hall–Kier alpha value is -2.30. The summed E-state index contributed by atoms with van der Waals surface area (Å²) >= 11 is 0. The van der Waals surface area contributed by atoms with Gasteiger partial charge < -0.3 is 14.6 Å². The van der Waals surface area contributed by atoms with Gasteiger partial charge in [-0.1, -0.05) is 13.0 Å². The first-order chi connectivity index (χ1) is 11.1. The van der Waals surface area contributed by atoms with Crippen LogP contribution in [0.1, 0.15) is 30.9 Å². The zero-order chi connectivity index (χ0) is 16.7. The Bertz CT molecular complexity index is 623. The van der Waals surface area contributed by atoms with Crippen LogP contribution >= 0.6 is 0 Å². The van der Waals surface area contributed by atoms with E-state index in [0.717, 1.165) is 24.3 Å². The fourth-order valence-corrected chi connectivity index (χ4v) is 2.28. The molecule has 0 bridgehead atoms. The van der Waals surface area contributed by atoms with Gasteiger partial charge in [0.15, 0.2) is 6.10 Å². The third kappa shape index (κ3) is 5.13. The van der Waals surface area contributed by atoms with Crippen LogP contribution in [-0.2, 0) is 11.3 Å². The highest BCUT2D eigenvalue weighted by atomic mass is 16.5. The SMILES string of the molecule is CC[C@@H](Oc1ccc(C)c(C)c1)C(=O)NCCCn1ccnc1. The topological polar surface area (TPSA) is 56.1 Å². The van der Waals surface area contributed by atoms with E-state index in [4.69, 9.17) is 4.74 Å². The van der Waals surface area contributed by atoms with Crippen molar-refractivity contribution in [1.82, 2.24) is 14.9 Å². The Labute approximate surface area is 137 Å². The second-order valence-electron chi connectivity index (χ2n) is 5.71. The molecule has 23 heavy (non-hydrogen) atoms. The number of aryl methyl sites for hydroxylation is 3.